The fourth-order valence-corrected chi connectivity index (χ4v) is 12.0. The predicted octanol–water partition coefficient (Wildman–Crippen LogP) is 5.33. The van der Waals surface area contributed by atoms with Crippen LogP contribution in [0.25, 0.3) is 67.1 Å². The van der Waals surface area contributed by atoms with Crippen LogP contribution in [0.15, 0.2) is 100 Å². The number of hydrogen-bond donors (Lipinski definition) is 3. The normalized spacial score (nSPS) is 19.5. The molecular formula is C62H65F2N18+3. The minimum Gasteiger partial charge on any atom is -0.317 e. The lowest BCUT2D eigenvalue weighted by Crippen LogP contribution is -2.40. The van der Waals surface area contributed by atoms with Gasteiger partial charge in [0, 0.05) is 33.7 Å². The second-order valence-electron chi connectivity index (χ2n) is 22.4. The molecule has 0 amide bonds. The van der Waals surface area contributed by atoms with E-state index in [9.17, 15) is 8.78 Å². The van der Waals surface area contributed by atoms with Crippen LogP contribution in [0.5, 0.6) is 0 Å². The summed E-state index contributed by atoms with van der Waals surface area (Å²) in [6.07, 6.45) is 14.3. The molecule has 3 unspecified atom stereocenters. The van der Waals surface area contributed by atoms with Crippen molar-refractivity contribution in [3.63, 3.8) is 0 Å². The van der Waals surface area contributed by atoms with Crippen molar-refractivity contribution >= 4 is 33.0 Å². The molecule has 20 heteroatoms. The highest BCUT2D eigenvalue weighted by molar-refractivity contribution is 5.85. The number of aryl methyl sites for hydroxylation is 2. The maximum atomic E-state index is 15.0. The Morgan fingerprint density at radius 3 is 1.59 bits per heavy atom. The Morgan fingerprint density at radius 1 is 0.463 bits per heavy atom. The molecule has 6 aliphatic rings. The highest BCUT2D eigenvalue weighted by atomic mass is 19.1. The fourth-order valence-electron chi connectivity index (χ4n) is 12.0. The van der Waals surface area contributed by atoms with Crippen molar-refractivity contribution in [3.8, 4) is 34.2 Å². The van der Waals surface area contributed by atoms with E-state index in [1.165, 1.54) is 30.0 Å². The molecule has 3 N–H and O–H groups in total. The summed E-state index contributed by atoms with van der Waals surface area (Å²) in [6, 6.07) is 25.7. The average Bonchev–Trinajstić information content (AvgIpc) is 4.29. The second kappa shape index (κ2) is 22.5. The van der Waals surface area contributed by atoms with Gasteiger partial charge in [0.2, 0.25) is 11.6 Å². The third-order valence-corrected chi connectivity index (χ3v) is 16.2. The van der Waals surface area contributed by atoms with Crippen LogP contribution in [0.1, 0.15) is 105 Å². The van der Waals surface area contributed by atoms with E-state index in [4.69, 9.17) is 4.98 Å². The van der Waals surface area contributed by atoms with Gasteiger partial charge in [-0.15, -0.1) is 29.1 Å². The number of aromatic nitrogens is 12. The molecular weight excluding hydrogens is 1030 g/mol. The van der Waals surface area contributed by atoms with Crippen molar-refractivity contribution in [2.45, 2.75) is 109 Å². The third-order valence-electron chi connectivity index (χ3n) is 16.2. The van der Waals surface area contributed by atoms with Crippen molar-refractivity contribution in [2.24, 2.45) is 15.0 Å². The molecule has 0 radical (unpaired) electrons. The first-order valence-corrected chi connectivity index (χ1v) is 28.7. The number of piperidine rings is 3. The Hall–Kier alpha value is -8.33. The zero-order valence-corrected chi connectivity index (χ0v) is 46.7. The first-order chi connectivity index (χ1) is 39.9. The summed E-state index contributed by atoms with van der Waals surface area (Å²) in [5.41, 5.74) is 14.3. The average molecular weight is 1100 g/mol. The van der Waals surface area contributed by atoms with Crippen molar-refractivity contribution in [1.29, 1.82) is 0 Å². The summed E-state index contributed by atoms with van der Waals surface area (Å²) in [7, 11) is 0. The second-order valence-corrected chi connectivity index (χ2v) is 22.4. The van der Waals surface area contributed by atoms with Crippen molar-refractivity contribution in [2.75, 3.05) is 39.3 Å². The molecule has 18 nitrogen and oxygen atoms in total. The van der Waals surface area contributed by atoms with Crippen LogP contribution >= 0.6 is 0 Å². The Balaban J connectivity index is 0.000000115. The Labute approximate surface area is 471 Å². The summed E-state index contributed by atoms with van der Waals surface area (Å²) in [5.74, 6) is 1.84. The third kappa shape index (κ3) is 11.0. The van der Waals surface area contributed by atoms with Gasteiger partial charge in [0.1, 0.15) is 52.9 Å². The van der Waals surface area contributed by atoms with Crippen molar-refractivity contribution in [1.82, 2.24) is 61.5 Å². The number of nitrogens with zero attached hydrogens (tertiary/aromatic N) is 15. The quantitative estimate of drug-likeness (QED) is 0.181. The van der Waals surface area contributed by atoms with Gasteiger partial charge < -0.3 is 16.0 Å². The van der Waals surface area contributed by atoms with E-state index in [1.807, 2.05) is 94.0 Å². The van der Waals surface area contributed by atoms with Crippen LogP contribution in [0, 0.1) is 44.1 Å². The highest BCUT2D eigenvalue weighted by Gasteiger charge is 2.25. The van der Waals surface area contributed by atoms with E-state index in [0.29, 0.717) is 51.7 Å². The molecule has 414 valence electrons. The van der Waals surface area contributed by atoms with Gasteiger partial charge in [0.05, 0.1) is 16.6 Å². The maximum absolute atomic E-state index is 15.0. The molecule has 82 heavy (non-hydrogen) atoms. The minimum absolute atomic E-state index is 0.0428. The van der Waals surface area contributed by atoms with Crippen LogP contribution in [-0.4, -0.2) is 103 Å². The smallest absolute Gasteiger partial charge is 0.317 e. The van der Waals surface area contributed by atoms with Gasteiger partial charge in [-0.3, -0.25) is 0 Å². The highest BCUT2D eigenvalue weighted by Crippen LogP contribution is 2.31. The standard InChI is InChI=1S/C22H23FN5.C20H20FN6.C20H22N7/c1-13-9-20(27-28-12-14(2)25-22(13)28)17-10-16-3-4-19(15-5-7-24-8-6-15)26-21(16)18(23)11-17;1-12-10-27-11-15(8-16(21)20(27)23-12)19-24-17-3-2-14(9-18(17)25-26-19)13-4-6-22-7-5-13;1-12-9-18(26-27-11-13(2)22-20(12)27)19-23-16-4-3-15(10-17(16)24-25-19)14-5-7-21-8-6-14/h3-4,9-12,14-15,24H,5-8H2,1-2H3;2-3,8-13,22H,4-7H2,1H3;3-4,9-11,13-14,21H,5-8H2,1-2H3/q3*+1. The van der Waals surface area contributed by atoms with E-state index in [0.717, 1.165) is 131 Å². The molecule has 3 fully saturated rings. The van der Waals surface area contributed by atoms with E-state index < -0.39 is 0 Å². The zero-order valence-electron chi connectivity index (χ0n) is 46.7. The lowest BCUT2D eigenvalue weighted by Gasteiger charge is -2.22. The Morgan fingerprint density at radius 2 is 0.976 bits per heavy atom. The van der Waals surface area contributed by atoms with E-state index in [1.54, 1.807) is 20.9 Å². The number of hydrogen-bond acceptors (Lipinski definition) is 15. The summed E-state index contributed by atoms with van der Waals surface area (Å²) in [5, 5.41) is 37.7. The van der Waals surface area contributed by atoms with Crippen LogP contribution in [-0.2, 0) is 0 Å². The Kier molecular flexibility index (Phi) is 14.6. The van der Waals surface area contributed by atoms with Gasteiger partial charge >= 0.3 is 16.5 Å². The summed E-state index contributed by atoms with van der Waals surface area (Å²) >= 11 is 0. The molecule has 9 aromatic rings. The Bertz CT molecular complexity index is 4200. The minimum atomic E-state index is -0.377. The lowest BCUT2D eigenvalue weighted by molar-refractivity contribution is -0.589. The molecule has 3 atom stereocenters. The molecule has 3 saturated heterocycles. The van der Waals surface area contributed by atoms with E-state index in [2.05, 4.69) is 102 Å². The fraction of sp³-hybridized carbons (Fsp3) is 0.371. The van der Waals surface area contributed by atoms with Gasteiger partial charge in [-0.2, -0.15) is 8.63 Å². The molecule has 12 heterocycles. The summed E-state index contributed by atoms with van der Waals surface area (Å²) in [4.78, 5) is 27.4. The van der Waals surface area contributed by atoms with Gasteiger partial charge in [0.25, 0.3) is 0 Å². The SMILES string of the molecule is CC1C=[n+]2cc(-c3nnc4cc(C5CCNCC5)ccc4n3)cc(F)c2=N1.Cc1cc(-c2cc(F)c3nc(C4CCNCC4)ccc3c2)n[n+]2c1=NC(C)C=2.Cc1cc(-c2nnc3cc(C4CCNCC4)ccc3n2)n[n+]2c1=NC(C)C=2. The number of halogens is 2. The summed E-state index contributed by atoms with van der Waals surface area (Å²) in [6.45, 7) is 16.3. The first kappa shape index (κ1) is 53.0. The van der Waals surface area contributed by atoms with Crippen LogP contribution in [0.4, 0.5) is 8.78 Å². The lowest BCUT2D eigenvalue weighted by atomic mass is 9.90. The van der Waals surface area contributed by atoms with Gasteiger partial charge in [-0.25, -0.2) is 19.3 Å². The molecule has 0 saturated carbocycles. The molecule has 3 aromatic carbocycles. The van der Waals surface area contributed by atoms with Crippen LogP contribution in [0.2, 0.25) is 0 Å². The molecule has 0 bridgehead atoms. The molecule has 0 aliphatic carbocycles. The van der Waals surface area contributed by atoms with Crippen LogP contribution in [0.3, 0.4) is 0 Å². The first-order valence-electron chi connectivity index (χ1n) is 28.7. The zero-order chi connectivity index (χ0) is 56.0. The monoisotopic (exact) mass is 1100 g/mol. The number of benzene rings is 3. The molecule has 0 spiro atoms. The van der Waals surface area contributed by atoms with Crippen LogP contribution < -0.4 is 45.4 Å². The molecule has 15 rings (SSSR count). The molecule has 6 aromatic heterocycles. The number of rotatable bonds is 6. The van der Waals surface area contributed by atoms with Gasteiger partial charge in [-0.1, -0.05) is 43.4 Å². The van der Waals surface area contributed by atoms with Crippen molar-refractivity contribution in [3.05, 3.63) is 160 Å². The predicted molar refractivity (Wildman–Crippen MR) is 304 cm³/mol. The largest absolute Gasteiger partial charge is 0.358 e. The van der Waals surface area contributed by atoms with Crippen molar-refractivity contribution < 1.29 is 21.7 Å². The summed E-state index contributed by atoms with van der Waals surface area (Å²) < 4.78 is 34.7. The van der Waals surface area contributed by atoms with Gasteiger partial charge in [-0.05, 0) is 196 Å². The number of pyridine rings is 2. The molecule has 6 aliphatic heterocycles. The van der Waals surface area contributed by atoms with E-state index in [-0.39, 0.29) is 29.8 Å². The van der Waals surface area contributed by atoms with E-state index >= 15 is 0 Å². The maximum Gasteiger partial charge on any atom is 0.358 e. The number of fused-ring (bicyclic) bond motifs is 6. The topological polar surface area (TPSA) is 207 Å². The van der Waals surface area contributed by atoms with Gasteiger partial charge in [0.15, 0.2) is 29.6 Å². The number of nitrogens with one attached hydrogen (secondary N) is 3.